The van der Waals surface area contributed by atoms with Gasteiger partial charge >= 0.3 is 0 Å². The van der Waals surface area contributed by atoms with Crippen LogP contribution in [0.5, 0.6) is 0 Å². The molecule has 2 saturated carbocycles. The van der Waals surface area contributed by atoms with Gasteiger partial charge in [-0.1, -0.05) is 13.8 Å². The van der Waals surface area contributed by atoms with Crippen molar-refractivity contribution in [2.75, 3.05) is 20.1 Å². The molecule has 16 heavy (non-hydrogen) atoms. The van der Waals surface area contributed by atoms with Crippen LogP contribution in [0.2, 0.25) is 0 Å². The van der Waals surface area contributed by atoms with Gasteiger partial charge in [0.25, 0.3) is 0 Å². The number of carbonyl (C=O) groups excluding carboxylic acids is 1. The second-order valence-corrected chi connectivity index (χ2v) is 6.70. The zero-order valence-electron chi connectivity index (χ0n) is 11.0. The van der Waals surface area contributed by atoms with E-state index in [0.29, 0.717) is 17.1 Å². The molecule has 0 saturated heterocycles. The molecule has 0 aromatic rings. The number of nitrogens with zero attached hydrogens (tertiary/aromatic N) is 1. The van der Waals surface area contributed by atoms with Crippen molar-refractivity contribution in [1.29, 1.82) is 0 Å². The van der Waals surface area contributed by atoms with E-state index in [1.54, 1.807) is 0 Å². The molecule has 0 amide bonds. The number of rotatable bonds is 4. The summed E-state index contributed by atoms with van der Waals surface area (Å²) >= 11 is 0. The smallest absolute Gasteiger partial charge is 0.137 e. The van der Waals surface area contributed by atoms with Crippen LogP contribution in [0, 0.1) is 17.3 Å². The van der Waals surface area contributed by atoms with Crippen LogP contribution < -0.4 is 0 Å². The summed E-state index contributed by atoms with van der Waals surface area (Å²) in [6.07, 6.45) is 5.76. The highest BCUT2D eigenvalue weighted by atomic mass is 16.1. The molecule has 2 nitrogen and oxygen atoms in total. The van der Waals surface area contributed by atoms with E-state index in [0.717, 1.165) is 31.7 Å². The first kappa shape index (κ1) is 12.1. The Morgan fingerprint density at radius 1 is 1.31 bits per heavy atom. The Balaban J connectivity index is 1.83. The largest absolute Gasteiger partial charge is 0.305 e. The third-order valence-electron chi connectivity index (χ3n) is 4.10. The molecule has 0 aromatic heterocycles. The van der Waals surface area contributed by atoms with Gasteiger partial charge in [0.1, 0.15) is 5.78 Å². The SMILES string of the molecule is CN(CC1CC1)CC1CC(C)(C)CCC1=O. The van der Waals surface area contributed by atoms with Gasteiger partial charge in [0.2, 0.25) is 0 Å². The van der Waals surface area contributed by atoms with Crippen molar-refractivity contribution in [2.45, 2.75) is 46.0 Å². The van der Waals surface area contributed by atoms with Crippen LogP contribution in [0.25, 0.3) is 0 Å². The van der Waals surface area contributed by atoms with Crippen LogP contribution in [-0.4, -0.2) is 30.8 Å². The number of ketones is 1. The van der Waals surface area contributed by atoms with Crippen molar-refractivity contribution in [3.8, 4) is 0 Å². The zero-order valence-corrected chi connectivity index (χ0v) is 11.0. The fraction of sp³-hybridized carbons (Fsp3) is 0.929. The normalized spacial score (nSPS) is 29.8. The van der Waals surface area contributed by atoms with Crippen LogP contribution in [0.15, 0.2) is 0 Å². The van der Waals surface area contributed by atoms with Gasteiger partial charge in [0.05, 0.1) is 0 Å². The Morgan fingerprint density at radius 2 is 2.00 bits per heavy atom. The lowest BCUT2D eigenvalue weighted by Gasteiger charge is -2.36. The predicted molar refractivity (Wildman–Crippen MR) is 66.4 cm³/mol. The Morgan fingerprint density at radius 3 is 2.62 bits per heavy atom. The minimum Gasteiger partial charge on any atom is -0.305 e. The summed E-state index contributed by atoms with van der Waals surface area (Å²) < 4.78 is 0. The Kier molecular flexibility index (Phi) is 3.39. The summed E-state index contributed by atoms with van der Waals surface area (Å²) in [6.45, 7) is 6.78. The van der Waals surface area contributed by atoms with Crippen molar-refractivity contribution in [3.05, 3.63) is 0 Å². The van der Waals surface area contributed by atoms with E-state index in [1.807, 2.05) is 0 Å². The van der Waals surface area contributed by atoms with Crippen molar-refractivity contribution in [3.63, 3.8) is 0 Å². The molecule has 2 heteroatoms. The quantitative estimate of drug-likeness (QED) is 0.730. The van der Waals surface area contributed by atoms with Gasteiger partial charge in [0, 0.05) is 25.4 Å². The van der Waals surface area contributed by atoms with Gasteiger partial charge in [-0.2, -0.15) is 0 Å². The molecule has 92 valence electrons. The van der Waals surface area contributed by atoms with Crippen molar-refractivity contribution < 1.29 is 4.79 Å². The molecule has 2 rings (SSSR count). The van der Waals surface area contributed by atoms with E-state index in [9.17, 15) is 4.79 Å². The highest BCUT2D eigenvalue weighted by molar-refractivity contribution is 5.82. The molecular formula is C14H25NO. The first-order valence-electron chi connectivity index (χ1n) is 6.67. The summed E-state index contributed by atoms with van der Waals surface area (Å²) in [7, 11) is 2.17. The van der Waals surface area contributed by atoms with E-state index in [-0.39, 0.29) is 0 Å². The average Bonchev–Trinajstić information content (AvgIpc) is 2.95. The van der Waals surface area contributed by atoms with Gasteiger partial charge in [-0.05, 0) is 44.1 Å². The second-order valence-electron chi connectivity index (χ2n) is 6.70. The average molecular weight is 223 g/mol. The maximum Gasteiger partial charge on any atom is 0.137 e. The summed E-state index contributed by atoms with van der Waals surface area (Å²) in [5, 5.41) is 0. The van der Waals surface area contributed by atoms with E-state index < -0.39 is 0 Å². The van der Waals surface area contributed by atoms with Crippen LogP contribution >= 0.6 is 0 Å². The lowest BCUT2D eigenvalue weighted by molar-refractivity contribution is -0.127. The van der Waals surface area contributed by atoms with Gasteiger partial charge in [-0.3, -0.25) is 4.79 Å². The van der Waals surface area contributed by atoms with E-state index >= 15 is 0 Å². The highest BCUT2D eigenvalue weighted by Gasteiger charge is 2.34. The molecule has 2 aliphatic rings. The molecule has 1 unspecified atom stereocenters. The summed E-state index contributed by atoms with van der Waals surface area (Å²) in [4.78, 5) is 14.3. The molecule has 2 aliphatic carbocycles. The Labute approximate surface area is 99.4 Å². The molecule has 0 aromatic carbocycles. The van der Waals surface area contributed by atoms with Crippen LogP contribution in [0.1, 0.15) is 46.0 Å². The fourth-order valence-corrected chi connectivity index (χ4v) is 2.91. The van der Waals surface area contributed by atoms with Crippen LogP contribution in [0.3, 0.4) is 0 Å². The van der Waals surface area contributed by atoms with Gasteiger partial charge in [-0.15, -0.1) is 0 Å². The van der Waals surface area contributed by atoms with E-state index in [1.165, 1.54) is 19.4 Å². The lowest BCUT2D eigenvalue weighted by Crippen LogP contribution is -2.38. The molecule has 0 spiro atoms. The molecule has 0 heterocycles. The number of carbonyl (C=O) groups is 1. The number of hydrogen-bond acceptors (Lipinski definition) is 2. The zero-order chi connectivity index (χ0) is 11.8. The molecule has 2 fully saturated rings. The number of Topliss-reactive ketones (excluding diaryl/α,β-unsaturated/α-hetero) is 1. The van der Waals surface area contributed by atoms with E-state index in [2.05, 4.69) is 25.8 Å². The Hall–Kier alpha value is -0.370. The Bertz CT molecular complexity index is 268. The fourth-order valence-electron chi connectivity index (χ4n) is 2.91. The maximum absolute atomic E-state index is 11.9. The summed E-state index contributed by atoms with van der Waals surface area (Å²) in [5.41, 5.74) is 0.374. The molecule has 0 bridgehead atoms. The molecule has 0 radical (unpaired) electrons. The third kappa shape index (κ3) is 3.31. The third-order valence-corrected chi connectivity index (χ3v) is 4.10. The van der Waals surface area contributed by atoms with Crippen molar-refractivity contribution >= 4 is 5.78 Å². The van der Waals surface area contributed by atoms with Gasteiger partial charge < -0.3 is 4.90 Å². The maximum atomic E-state index is 11.9. The molecular weight excluding hydrogens is 198 g/mol. The van der Waals surface area contributed by atoms with Gasteiger partial charge in [-0.25, -0.2) is 0 Å². The molecule has 0 N–H and O–H groups in total. The second kappa shape index (κ2) is 4.48. The van der Waals surface area contributed by atoms with Crippen LogP contribution in [-0.2, 0) is 4.79 Å². The standard InChI is InChI=1S/C14H25NO/c1-14(2)7-6-13(16)12(8-14)10-15(3)9-11-4-5-11/h11-12H,4-10H2,1-3H3. The first-order chi connectivity index (χ1) is 7.46. The lowest BCUT2D eigenvalue weighted by atomic mass is 9.71. The topological polar surface area (TPSA) is 20.3 Å². The number of hydrogen-bond donors (Lipinski definition) is 0. The van der Waals surface area contributed by atoms with Crippen molar-refractivity contribution in [1.82, 2.24) is 4.90 Å². The van der Waals surface area contributed by atoms with E-state index in [4.69, 9.17) is 0 Å². The minimum atomic E-state index is 0.299. The van der Waals surface area contributed by atoms with Crippen LogP contribution in [0.4, 0.5) is 0 Å². The predicted octanol–water partition coefficient (Wildman–Crippen LogP) is 2.72. The minimum absolute atomic E-state index is 0.299. The van der Waals surface area contributed by atoms with Crippen molar-refractivity contribution in [2.24, 2.45) is 17.3 Å². The molecule has 1 atom stereocenters. The molecule has 0 aliphatic heterocycles. The van der Waals surface area contributed by atoms with Gasteiger partial charge in [0.15, 0.2) is 0 Å². The monoisotopic (exact) mass is 223 g/mol. The summed E-state index contributed by atoms with van der Waals surface area (Å²) in [6, 6.07) is 0. The first-order valence-corrected chi connectivity index (χ1v) is 6.67. The summed E-state index contributed by atoms with van der Waals surface area (Å²) in [5.74, 6) is 1.73. The highest BCUT2D eigenvalue weighted by Crippen LogP contribution is 2.37.